The zero-order chi connectivity index (χ0) is 24.7. The predicted octanol–water partition coefficient (Wildman–Crippen LogP) is 5.01. The van der Waals surface area contributed by atoms with E-state index in [4.69, 9.17) is 11.6 Å². The third-order valence-electron chi connectivity index (χ3n) is 6.33. The molecule has 2 heterocycles. The number of nitrogens with zero attached hydrogens (tertiary/aromatic N) is 5. The highest BCUT2D eigenvalue weighted by molar-refractivity contribution is 7.99. The van der Waals surface area contributed by atoms with Crippen LogP contribution in [-0.4, -0.2) is 57.5 Å². The first kappa shape index (κ1) is 24.4. The summed E-state index contributed by atoms with van der Waals surface area (Å²) in [5.74, 6) is 1.36. The van der Waals surface area contributed by atoms with E-state index in [9.17, 15) is 4.79 Å². The zero-order valence-electron chi connectivity index (χ0n) is 20.0. The standard InChI is InChI=1S/C28H28ClN5OS/c29-24-13-11-23(12-14-24)20-34-26(19-22-7-3-1-4-8-22)30-31-28(34)36-21-27(35)33-17-15-32(16-18-33)25-9-5-2-6-10-25/h1-14H,15-21H2. The minimum atomic E-state index is 0.137. The predicted molar refractivity (Wildman–Crippen MR) is 146 cm³/mol. The van der Waals surface area contributed by atoms with Gasteiger partial charge in [0.1, 0.15) is 5.82 Å². The Morgan fingerprint density at radius 1 is 0.806 bits per heavy atom. The first-order valence-corrected chi connectivity index (χ1v) is 13.4. The third kappa shape index (κ3) is 6.09. The van der Waals surface area contributed by atoms with Crippen LogP contribution in [0.2, 0.25) is 5.02 Å². The number of thioether (sulfide) groups is 1. The van der Waals surface area contributed by atoms with E-state index in [2.05, 4.69) is 56.1 Å². The van der Waals surface area contributed by atoms with E-state index in [1.165, 1.54) is 23.0 Å². The maximum absolute atomic E-state index is 13.0. The molecule has 0 spiro atoms. The molecule has 3 aromatic carbocycles. The highest BCUT2D eigenvalue weighted by atomic mass is 35.5. The van der Waals surface area contributed by atoms with Crippen molar-refractivity contribution in [1.29, 1.82) is 0 Å². The minimum Gasteiger partial charge on any atom is -0.368 e. The van der Waals surface area contributed by atoms with Gasteiger partial charge in [-0.3, -0.25) is 4.79 Å². The van der Waals surface area contributed by atoms with E-state index in [-0.39, 0.29) is 5.91 Å². The van der Waals surface area contributed by atoms with Crippen LogP contribution in [0.25, 0.3) is 0 Å². The fraction of sp³-hybridized carbons (Fsp3) is 0.250. The number of carbonyl (C=O) groups excluding carboxylic acids is 1. The number of piperazine rings is 1. The summed E-state index contributed by atoms with van der Waals surface area (Å²) in [5, 5.41) is 10.4. The van der Waals surface area contributed by atoms with Crippen LogP contribution in [0.4, 0.5) is 5.69 Å². The molecule has 0 N–H and O–H groups in total. The third-order valence-corrected chi connectivity index (χ3v) is 7.53. The summed E-state index contributed by atoms with van der Waals surface area (Å²) in [5.41, 5.74) is 3.49. The van der Waals surface area contributed by atoms with Gasteiger partial charge in [-0.1, -0.05) is 84.0 Å². The van der Waals surface area contributed by atoms with Gasteiger partial charge in [0.2, 0.25) is 5.91 Å². The molecule has 6 nitrogen and oxygen atoms in total. The summed E-state index contributed by atoms with van der Waals surface area (Å²) in [7, 11) is 0. The molecule has 0 aliphatic carbocycles. The fourth-order valence-electron chi connectivity index (χ4n) is 4.34. The monoisotopic (exact) mass is 517 g/mol. The Labute approximate surface area is 220 Å². The quantitative estimate of drug-likeness (QED) is 0.307. The lowest BCUT2D eigenvalue weighted by molar-refractivity contribution is -0.128. The maximum atomic E-state index is 13.0. The molecule has 0 saturated carbocycles. The molecule has 0 unspecified atom stereocenters. The molecular formula is C28H28ClN5OS. The van der Waals surface area contributed by atoms with Gasteiger partial charge in [-0.15, -0.1) is 10.2 Å². The zero-order valence-corrected chi connectivity index (χ0v) is 21.5. The van der Waals surface area contributed by atoms with E-state index in [1.807, 2.05) is 53.4 Å². The second-order valence-electron chi connectivity index (χ2n) is 8.77. The van der Waals surface area contributed by atoms with Gasteiger partial charge in [-0.05, 0) is 35.4 Å². The molecule has 1 aliphatic heterocycles. The summed E-state index contributed by atoms with van der Waals surface area (Å²) in [4.78, 5) is 17.3. The van der Waals surface area contributed by atoms with Gasteiger partial charge in [0.05, 0.1) is 12.3 Å². The number of amides is 1. The Hall–Kier alpha value is -3.29. The van der Waals surface area contributed by atoms with Crippen LogP contribution in [0.5, 0.6) is 0 Å². The van der Waals surface area contributed by atoms with Gasteiger partial charge in [0.15, 0.2) is 5.16 Å². The van der Waals surface area contributed by atoms with E-state index in [1.54, 1.807) is 0 Å². The number of rotatable bonds is 8. The number of para-hydroxylation sites is 1. The Kier molecular flexibility index (Phi) is 7.88. The molecule has 0 atom stereocenters. The van der Waals surface area contributed by atoms with Gasteiger partial charge in [0.25, 0.3) is 0 Å². The van der Waals surface area contributed by atoms with Gasteiger partial charge in [-0.2, -0.15) is 0 Å². The van der Waals surface area contributed by atoms with Crippen LogP contribution in [0, 0.1) is 0 Å². The maximum Gasteiger partial charge on any atom is 0.233 e. The molecule has 1 saturated heterocycles. The van der Waals surface area contributed by atoms with E-state index in [0.29, 0.717) is 23.7 Å². The van der Waals surface area contributed by atoms with Crippen LogP contribution in [0.15, 0.2) is 90.1 Å². The number of aromatic nitrogens is 3. The molecule has 1 aromatic heterocycles. The van der Waals surface area contributed by atoms with Gasteiger partial charge in [-0.25, -0.2) is 0 Å². The number of carbonyl (C=O) groups is 1. The lowest BCUT2D eigenvalue weighted by atomic mass is 10.1. The molecule has 1 aliphatic rings. The second kappa shape index (κ2) is 11.6. The summed E-state index contributed by atoms with van der Waals surface area (Å²) in [6.07, 6.45) is 0.678. The Balaban J connectivity index is 1.25. The van der Waals surface area contributed by atoms with Crippen LogP contribution in [0.1, 0.15) is 17.0 Å². The summed E-state index contributed by atoms with van der Waals surface area (Å²) in [6.45, 7) is 3.76. The van der Waals surface area contributed by atoms with Crippen molar-refractivity contribution in [2.45, 2.75) is 18.1 Å². The number of hydrogen-bond donors (Lipinski definition) is 0. The van der Waals surface area contributed by atoms with Crippen molar-refractivity contribution in [1.82, 2.24) is 19.7 Å². The molecule has 0 radical (unpaired) electrons. The lowest BCUT2D eigenvalue weighted by Gasteiger charge is -2.36. The van der Waals surface area contributed by atoms with E-state index < -0.39 is 0 Å². The summed E-state index contributed by atoms with van der Waals surface area (Å²) in [6, 6.07) is 28.4. The lowest BCUT2D eigenvalue weighted by Crippen LogP contribution is -2.49. The van der Waals surface area contributed by atoms with Crippen molar-refractivity contribution in [3.8, 4) is 0 Å². The van der Waals surface area contributed by atoms with Gasteiger partial charge < -0.3 is 14.4 Å². The van der Waals surface area contributed by atoms with E-state index >= 15 is 0 Å². The first-order chi connectivity index (χ1) is 17.7. The Morgan fingerprint density at radius 2 is 1.47 bits per heavy atom. The van der Waals surface area contributed by atoms with Crippen molar-refractivity contribution in [2.24, 2.45) is 0 Å². The fourth-order valence-corrected chi connectivity index (χ4v) is 5.32. The topological polar surface area (TPSA) is 54.3 Å². The molecule has 1 fully saturated rings. The largest absolute Gasteiger partial charge is 0.368 e. The summed E-state index contributed by atoms with van der Waals surface area (Å²) < 4.78 is 2.11. The average molecular weight is 518 g/mol. The molecule has 8 heteroatoms. The molecule has 36 heavy (non-hydrogen) atoms. The van der Waals surface area contributed by atoms with Crippen molar-refractivity contribution < 1.29 is 4.79 Å². The number of halogens is 1. The van der Waals surface area contributed by atoms with Crippen LogP contribution in [-0.2, 0) is 17.8 Å². The van der Waals surface area contributed by atoms with Crippen molar-refractivity contribution >= 4 is 35.0 Å². The Morgan fingerprint density at radius 3 is 2.17 bits per heavy atom. The highest BCUT2D eigenvalue weighted by Crippen LogP contribution is 2.23. The summed E-state index contributed by atoms with van der Waals surface area (Å²) >= 11 is 7.54. The Bertz CT molecular complexity index is 1270. The van der Waals surface area contributed by atoms with Crippen molar-refractivity contribution in [2.75, 3.05) is 36.8 Å². The first-order valence-electron chi connectivity index (χ1n) is 12.1. The molecule has 1 amide bonds. The van der Waals surface area contributed by atoms with Gasteiger partial charge in [0, 0.05) is 43.3 Å². The second-order valence-corrected chi connectivity index (χ2v) is 10.1. The SMILES string of the molecule is O=C(CSc1nnc(Cc2ccccc2)n1Cc1ccc(Cl)cc1)N1CCN(c2ccccc2)CC1. The van der Waals surface area contributed by atoms with Crippen LogP contribution >= 0.6 is 23.4 Å². The normalized spacial score (nSPS) is 13.7. The smallest absolute Gasteiger partial charge is 0.233 e. The van der Waals surface area contributed by atoms with Crippen molar-refractivity contribution in [3.63, 3.8) is 0 Å². The minimum absolute atomic E-state index is 0.137. The number of anilines is 1. The van der Waals surface area contributed by atoms with Crippen LogP contribution < -0.4 is 4.90 Å². The van der Waals surface area contributed by atoms with E-state index in [0.717, 1.165) is 42.7 Å². The number of hydrogen-bond acceptors (Lipinski definition) is 5. The van der Waals surface area contributed by atoms with Gasteiger partial charge >= 0.3 is 0 Å². The molecule has 0 bridgehead atoms. The molecule has 184 valence electrons. The highest BCUT2D eigenvalue weighted by Gasteiger charge is 2.22. The van der Waals surface area contributed by atoms with Crippen molar-refractivity contribution in [3.05, 3.63) is 107 Å². The average Bonchev–Trinajstić information content (AvgIpc) is 3.30. The van der Waals surface area contributed by atoms with Crippen LogP contribution in [0.3, 0.4) is 0 Å². The molecule has 4 aromatic rings. The number of benzene rings is 3. The molecular weight excluding hydrogens is 490 g/mol. The molecule has 5 rings (SSSR count).